The van der Waals surface area contributed by atoms with E-state index < -0.39 is 0 Å². The van der Waals surface area contributed by atoms with Gasteiger partial charge in [-0.05, 0) is 30.2 Å². The van der Waals surface area contributed by atoms with Gasteiger partial charge in [0.1, 0.15) is 0 Å². The number of aromatic hydroxyl groups is 1. The van der Waals surface area contributed by atoms with Gasteiger partial charge in [0.05, 0.1) is 0 Å². The molecule has 0 aliphatic heterocycles. The van der Waals surface area contributed by atoms with Crippen molar-refractivity contribution in [3.05, 3.63) is 47.7 Å². The van der Waals surface area contributed by atoms with Crippen molar-refractivity contribution in [3.63, 3.8) is 0 Å². The van der Waals surface area contributed by atoms with E-state index in [1.165, 1.54) is 0 Å². The molecule has 0 aliphatic carbocycles. The number of benzene rings is 1. The maximum Gasteiger partial charge on any atom is 0.219 e. The first-order valence-electron chi connectivity index (χ1n) is 7.23. The van der Waals surface area contributed by atoms with E-state index >= 15 is 0 Å². The monoisotopic (exact) mass is 359 g/mol. The van der Waals surface area contributed by atoms with Crippen molar-refractivity contribution in [1.29, 1.82) is 0 Å². The van der Waals surface area contributed by atoms with Crippen LogP contribution >= 0.6 is 15.9 Å². The standard InChI is InChI=1S/C18H18BrNO2/c1-2-5-14-7-9-17(16(21)12-14)22-18-10-8-15(13-20-18)6-3-4-11-19/h7-10,12-13,21H,2,4-5,11H2,1H3. The summed E-state index contributed by atoms with van der Waals surface area (Å²) in [6.07, 6.45) is 4.45. The number of halogens is 1. The lowest BCUT2D eigenvalue weighted by Gasteiger charge is -2.08. The first-order chi connectivity index (χ1) is 10.7. The van der Waals surface area contributed by atoms with Crippen LogP contribution in [0.15, 0.2) is 36.5 Å². The normalized spacial score (nSPS) is 9.91. The molecule has 0 radical (unpaired) electrons. The highest BCUT2D eigenvalue weighted by atomic mass is 79.9. The quantitative estimate of drug-likeness (QED) is 0.623. The van der Waals surface area contributed by atoms with Crippen LogP contribution in [0, 0.1) is 11.8 Å². The molecule has 1 aromatic carbocycles. The first kappa shape index (κ1) is 16.4. The van der Waals surface area contributed by atoms with E-state index in [1.54, 1.807) is 24.4 Å². The van der Waals surface area contributed by atoms with Crippen molar-refractivity contribution in [2.24, 2.45) is 0 Å². The minimum absolute atomic E-state index is 0.133. The number of nitrogens with zero attached hydrogens (tertiary/aromatic N) is 1. The largest absolute Gasteiger partial charge is 0.504 e. The summed E-state index contributed by atoms with van der Waals surface area (Å²) >= 11 is 3.33. The second kappa shape index (κ2) is 8.45. The van der Waals surface area contributed by atoms with Crippen LogP contribution in [-0.4, -0.2) is 15.4 Å². The Labute approximate surface area is 139 Å². The number of rotatable bonds is 5. The Morgan fingerprint density at radius 2 is 2.14 bits per heavy atom. The SMILES string of the molecule is CCCc1ccc(Oc2ccc(C#CCCBr)cn2)c(O)c1. The van der Waals surface area contributed by atoms with Crippen molar-refractivity contribution in [1.82, 2.24) is 4.98 Å². The van der Waals surface area contributed by atoms with E-state index in [9.17, 15) is 5.11 Å². The minimum atomic E-state index is 0.133. The molecule has 2 rings (SSSR count). The Kier molecular flexibility index (Phi) is 6.29. The van der Waals surface area contributed by atoms with Gasteiger partial charge in [-0.3, -0.25) is 0 Å². The number of hydrogen-bond acceptors (Lipinski definition) is 3. The predicted octanol–water partition coefficient (Wildman–Crippen LogP) is 4.67. The molecule has 0 saturated carbocycles. The summed E-state index contributed by atoms with van der Waals surface area (Å²) in [5, 5.41) is 10.9. The average Bonchev–Trinajstić information content (AvgIpc) is 2.52. The summed E-state index contributed by atoms with van der Waals surface area (Å²) in [5.41, 5.74) is 1.94. The van der Waals surface area contributed by atoms with Gasteiger partial charge in [-0.2, -0.15) is 0 Å². The Hall–Kier alpha value is -1.99. The van der Waals surface area contributed by atoms with Crippen LogP contribution in [-0.2, 0) is 6.42 Å². The maximum absolute atomic E-state index is 10.00. The van der Waals surface area contributed by atoms with Crippen LogP contribution < -0.4 is 4.74 Å². The summed E-state index contributed by atoms with van der Waals surface area (Å²) < 4.78 is 5.61. The Morgan fingerprint density at radius 3 is 2.77 bits per heavy atom. The number of phenols is 1. The molecule has 1 aromatic heterocycles. The fourth-order valence-electron chi connectivity index (χ4n) is 1.93. The summed E-state index contributed by atoms with van der Waals surface area (Å²) in [4.78, 5) is 4.21. The van der Waals surface area contributed by atoms with Gasteiger partial charge >= 0.3 is 0 Å². The average molecular weight is 360 g/mol. The summed E-state index contributed by atoms with van der Waals surface area (Å²) in [6.45, 7) is 2.10. The third kappa shape index (κ3) is 4.78. The minimum Gasteiger partial charge on any atom is -0.504 e. The second-order valence-electron chi connectivity index (χ2n) is 4.78. The van der Waals surface area contributed by atoms with Gasteiger partial charge in [0.25, 0.3) is 0 Å². The maximum atomic E-state index is 10.00. The van der Waals surface area contributed by atoms with Gasteiger partial charge in [-0.1, -0.05) is 47.2 Å². The van der Waals surface area contributed by atoms with Crippen LogP contribution in [0.4, 0.5) is 0 Å². The van der Waals surface area contributed by atoms with E-state index in [-0.39, 0.29) is 5.75 Å². The molecule has 0 amide bonds. The molecule has 3 nitrogen and oxygen atoms in total. The molecule has 2 aromatic rings. The molecular weight excluding hydrogens is 342 g/mol. The molecule has 0 aliphatic rings. The van der Waals surface area contributed by atoms with Crippen LogP contribution in [0.3, 0.4) is 0 Å². The van der Waals surface area contributed by atoms with Gasteiger partial charge in [0.15, 0.2) is 11.5 Å². The number of pyridine rings is 1. The molecule has 0 fully saturated rings. The lowest BCUT2D eigenvalue weighted by Crippen LogP contribution is -1.90. The number of hydrogen-bond donors (Lipinski definition) is 1. The Morgan fingerprint density at radius 1 is 1.27 bits per heavy atom. The fourth-order valence-corrected chi connectivity index (χ4v) is 2.13. The Bertz CT molecular complexity index is 672. The molecule has 0 saturated heterocycles. The number of ether oxygens (including phenoxy) is 1. The molecule has 0 atom stereocenters. The molecule has 0 spiro atoms. The van der Waals surface area contributed by atoms with Crippen molar-refractivity contribution < 1.29 is 9.84 Å². The highest BCUT2D eigenvalue weighted by Gasteiger charge is 2.06. The summed E-state index contributed by atoms with van der Waals surface area (Å²) in [6, 6.07) is 9.06. The van der Waals surface area contributed by atoms with Crippen LogP contribution in [0.25, 0.3) is 0 Å². The van der Waals surface area contributed by atoms with Gasteiger partial charge in [0, 0.05) is 29.6 Å². The predicted molar refractivity (Wildman–Crippen MR) is 91.7 cm³/mol. The van der Waals surface area contributed by atoms with Gasteiger partial charge < -0.3 is 9.84 Å². The van der Waals surface area contributed by atoms with E-state index in [2.05, 4.69) is 39.7 Å². The molecular formula is C18H18BrNO2. The zero-order valence-electron chi connectivity index (χ0n) is 12.5. The zero-order chi connectivity index (χ0) is 15.8. The van der Waals surface area contributed by atoms with Gasteiger partial charge in [0.2, 0.25) is 5.88 Å². The lowest BCUT2D eigenvalue weighted by molar-refractivity contribution is 0.402. The number of alkyl halides is 1. The van der Waals surface area contributed by atoms with Crippen molar-refractivity contribution in [2.45, 2.75) is 26.2 Å². The van der Waals surface area contributed by atoms with E-state index in [4.69, 9.17) is 4.74 Å². The smallest absolute Gasteiger partial charge is 0.219 e. The van der Waals surface area contributed by atoms with Crippen LogP contribution in [0.1, 0.15) is 30.9 Å². The van der Waals surface area contributed by atoms with Crippen molar-refractivity contribution in [2.75, 3.05) is 5.33 Å². The van der Waals surface area contributed by atoms with Crippen molar-refractivity contribution >= 4 is 15.9 Å². The van der Waals surface area contributed by atoms with Crippen molar-refractivity contribution in [3.8, 4) is 29.2 Å². The molecule has 1 heterocycles. The van der Waals surface area contributed by atoms with E-state index in [1.807, 2.05) is 12.1 Å². The molecule has 0 bridgehead atoms. The number of aryl methyl sites for hydroxylation is 1. The van der Waals surface area contributed by atoms with Gasteiger partial charge in [-0.25, -0.2) is 4.98 Å². The van der Waals surface area contributed by atoms with E-state index in [0.29, 0.717) is 11.6 Å². The number of aromatic nitrogens is 1. The lowest BCUT2D eigenvalue weighted by atomic mass is 10.1. The number of phenolic OH excluding ortho intramolecular Hbond substituents is 1. The molecule has 0 unspecified atom stereocenters. The first-order valence-corrected chi connectivity index (χ1v) is 8.35. The summed E-state index contributed by atoms with van der Waals surface area (Å²) in [7, 11) is 0. The van der Waals surface area contributed by atoms with E-state index in [0.717, 1.165) is 35.7 Å². The highest BCUT2D eigenvalue weighted by molar-refractivity contribution is 9.09. The second-order valence-corrected chi connectivity index (χ2v) is 5.57. The molecule has 1 N–H and O–H groups in total. The summed E-state index contributed by atoms with van der Waals surface area (Å²) in [5.74, 6) is 7.03. The topological polar surface area (TPSA) is 42.4 Å². The molecule has 114 valence electrons. The van der Waals surface area contributed by atoms with Gasteiger partial charge in [-0.15, -0.1) is 0 Å². The third-order valence-corrected chi connectivity index (χ3v) is 3.36. The molecule has 22 heavy (non-hydrogen) atoms. The molecule has 4 heteroatoms. The highest BCUT2D eigenvalue weighted by Crippen LogP contribution is 2.30. The van der Waals surface area contributed by atoms with Crippen LogP contribution in [0.5, 0.6) is 17.4 Å². The van der Waals surface area contributed by atoms with Crippen LogP contribution in [0.2, 0.25) is 0 Å². The zero-order valence-corrected chi connectivity index (χ0v) is 14.1. The fraction of sp³-hybridized carbons (Fsp3) is 0.278. The Balaban J connectivity index is 2.06. The third-order valence-electron chi connectivity index (χ3n) is 2.97.